The highest BCUT2D eigenvalue weighted by atomic mass is 16.5. The minimum atomic E-state index is -0.542. The highest BCUT2D eigenvalue weighted by molar-refractivity contribution is 5.99. The summed E-state index contributed by atoms with van der Waals surface area (Å²) in [5.74, 6) is 0.644. The van der Waals surface area contributed by atoms with E-state index >= 15 is 0 Å². The number of para-hydroxylation sites is 1. The van der Waals surface area contributed by atoms with Crippen LogP contribution in [-0.4, -0.2) is 38.8 Å². The van der Waals surface area contributed by atoms with Crippen LogP contribution in [0.3, 0.4) is 0 Å². The van der Waals surface area contributed by atoms with Gasteiger partial charge in [-0.1, -0.05) is 31.2 Å². The molecule has 0 saturated heterocycles. The van der Waals surface area contributed by atoms with Crippen molar-refractivity contribution in [1.82, 2.24) is 15.2 Å². The van der Waals surface area contributed by atoms with Crippen LogP contribution in [0.25, 0.3) is 0 Å². The van der Waals surface area contributed by atoms with Crippen LogP contribution in [0.5, 0.6) is 5.75 Å². The zero-order valence-electron chi connectivity index (χ0n) is 21.4. The Morgan fingerprint density at radius 2 is 2.03 bits per heavy atom. The van der Waals surface area contributed by atoms with Crippen LogP contribution in [0.1, 0.15) is 76.6 Å². The van der Waals surface area contributed by atoms with E-state index in [1.165, 1.54) is 0 Å². The monoisotopic (exact) mass is 489 g/mol. The number of pyridine rings is 1. The van der Waals surface area contributed by atoms with Crippen molar-refractivity contribution >= 4 is 17.8 Å². The summed E-state index contributed by atoms with van der Waals surface area (Å²) in [6, 6.07) is 11.2. The van der Waals surface area contributed by atoms with Crippen LogP contribution in [0.2, 0.25) is 0 Å². The normalized spacial score (nSPS) is 29.4. The molecule has 1 unspecified atom stereocenters. The fourth-order valence-corrected chi connectivity index (χ4v) is 5.62. The molecule has 0 radical (unpaired) electrons. The Bertz CT molecular complexity index is 1200. The third kappa shape index (κ3) is 4.56. The molecule has 1 aromatic carbocycles. The highest BCUT2D eigenvalue weighted by Crippen LogP contribution is 2.51. The van der Waals surface area contributed by atoms with Crippen LogP contribution in [0, 0.1) is 11.8 Å². The number of nitrogens with one attached hydrogen (secondary N) is 1. The summed E-state index contributed by atoms with van der Waals surface area (Å²) in [6.07, 6.45) is 5.93. The van der Waals surface area contributed by atoms with Crippen molar-refractivity contribution in [3.63, 3.8) is 0 Å². The van der Waals surface area contributed by atoms with E-state index in [0.29, 0.717) is 12.8 Å². The maximum atomic E-state index is 13.5. The van der Waals surface area contributed by atoms with Gasteiger partial charge in [-0.2, -0.15) is 0 Å². The van der Waals surface area contributed by atoms with Gasteiger partial charge in [0.15, 0.2) is 5.96 Å². The van der Waals surface area contributed by atoms with E-state index in [1.54, 1.807) is 17.3 Å². The topological polar surface area (TPSA) is 110 Å². The molecule has 5 rings (SSSR count). The SMILES string of the molecule is CCC1(C)C[C@H](NC(=O)[C@H]2C[C@@H]2[C@@H](c2cccnc2)N2C(=O)CC(C)(C)N=C2N)c2ccccc2O1. The molecule has 5 atom stereocenters. The second-order valence-electron chi connectivity index (χ2n) is 11.2. The first-order chi connectivity index (χ1) is 17.1. The summed E-state index contributed by atoms with van der Waals surface area (Å²) in [4.78, 5) is 37.2. The first-order valence-corrected chi connectivity index (χ1v) is 12.8. The predicted molar refractivity (Wildman–Crippen MR) is 137 cm³/mol. The molecule has 8 nitrogen and oxygen atoms in total. The molecule has 1 saturated carbocycles. The standard InChI is InChI=1S/C28H35N5O3/c1-5-28(4)14-21(18-10-6-7-11-22(18)36-28)31-25(35)20-13-19(20)24(17-9-8-12-30-16-17)33-23(34)15-27(2,3)32-26(33)29/h6-12,16,19-21,24H,5,13-15H2,1-4H3,(H2,29,32)(H,31,35)/t19-,20-,21-,24+,28?/m0/s1. The molecule has 3 heterocycles. The van der Waals surface area contributed by atoms with Gasteiger partial charge in [-0.05, 0) is 57.2 Å². The number of nitrogens with zero attached hydrogens (tertiary/aromatic N) is 3. The van der Waals surface area contributed by atoms with Crippen molar-refractivity contribution in [3.8, 4) is 5.75 Å². The minimum Gasteiger partial charge on any atom is -0.487 e. The molecule has 36 heavy (non-hydrogen) atoms. The van der Waals surface area contributed by atoms with Gasteiger partial charge in [0.2, 0.25) is 11.8 Å². The third-order valence-electron chi connectivity index (χ3n) is 7.75. The van der Waals surface area contributed by atoms with E-state index in [-0.39, 0.29) is 53.7 Å². The van der Waals surface area contributed by atoms with Crippen molar-refractivity contribution in [3.05, 3.63) is 59.9 Å². The van der Waals surface area contributed by atoms with Gasteiger partial charge in [-0.3, -0.25) is 19.5 Å². The fraction of sp³-hybridized carbons (Fsp3) is 0.500. The third-order valence-corrected chi connectivity index (χ3v) is 7.75. The lowest BCUT2D eigenvalue weighted by Gasteiger charge is -2.40. The van der Waals surface area contributed by atoms with Crippen LogP contribution in [-0.2, 0) is 9.59 Å². The minimum absolute atomic E-state index is 0.00524. The number of aromatic nitrogens is 1. The zero-order chi connectivity index (χ0) is 25.7. The maximum absolute atomic E-state index is 13.5. The number of rotatable bonds is 6. The van der Waals surface area contributed by atoms with Crippen molar-refractivity contribution in [2.75, 3.05) is 0 Å². The zero-order valence-corrected chi connectivity index (χ0v) is 21.4. The smallest absolute Gasteiger partial charge is 0.232 e. The maximum Gasteiger partial charge on any atom is 0.232 e. The molecule has 0 bridgehead atoms. The number of aliphatic imine (C=N–C) groups is 1. The highest BCUT2D eigenvalue weighted by Gasteiger charge is 2.53. The van der Waals surface area contributed by atoms with Gasteiger partial charge in [-0.25, -0.2) is 4.99 Å². The summed E-state index contributed by atoms with van der Waals surface area (Å²) in [6.45, 7) is 7.99. The molecule has 1 aromatic heterocycles. The van der Waals surface area contributed by atoms with E-state index < -0.39 is 5.54 Å². The van der Waals surface area contributed by atoms with Crippen molar-refractivity contribution in [2.24, 2.45) is 22.6 Å². The predicted octanol–water partition coefficient (Wildman–Crippen LogP) is 3.89. The van der Waals surface area contributed by atoms with Gasteiger partial charge >= 0.3 is 0 Å². The number of hydrogen-bond acceptors (Lipinski definition) is 6. The summed E-state index contributed by atoms with van der Waals surface area (Å²) < 4.78 is 6.26. The first kappa shape index (κ1) is 24.3. The van der Waals surface area contributed by atoms with Crippen LogP contribution in [0.4, 0.5) is 0 Å². The summed E-state index contributed by atoms with van der Waals surface area (Å²) in [5, 5.41) is 3.30. The first-order valence-electron chi connectivity index (χ1n) is 12.8. The Balaban J connectivity index is 1.39. The molecular weight excluding hydrogens is 454 g/mol. The Hall–Kier alpha value is -3.42. The Labute approximate surface area is 212 Å². The van der Waals surface area contributed by atoms with Crippen LogP contribution >= 0.6 is 0 Å². The largest absolute Gasteiger partial charge is 0.487 e. The molecule has 3 N–H and O–H groups in total. The number of carbonyl (C=O) groups is 2. The number of fused-ring (bicyclic) bond motifs is 1. The number of ether oxygens (including phenoxy) is 1. The number of nitrogens with two attached hydrogens (primary N) is 1. The van der Waals surface area contributed by atoms with E-state index in [2.05, 4.69) is 29.1 Å². The van der Waals surface area contributed by atoms with Crippen LogP contribution in [0.15, 0.2) is 53.8 Å². The summed E-state index contributed by atoms with van der Waals surface area (Å²) >= 11 is 0. The summed E-state index contributed by atoms with van der Waals surface area (Å²) in [7, 11) is 0. The van der Waals surface area contributed by atoms with Gasteiger partial charge in [-0.15, -0.1) is 0 Å². The quantitative estimate of drug-likeness (QED) is 0.640. The molecule has 1 fully saturated rings. The van der Waals surface area contributed by atoms with Gasteiger partial charge in [0, 0.05) is 30.3 Å². The molecule has 8 heteroatoms. The number of hydrogen-bond donors (Lipinski definition) is 2. The van der Waals surface area contributed by atoms with E-state index in [1.807, 2.05) is 50.2 Å². The van der Waals surface area contributed by atoms with Gasteiger partial charge in [0.05, 0.1) is 24.0 Å². The molecule has 0 spiro atoms. The fourth-order valence-electron chi connectivity index (χ4n) is 5.62. The molecular formula is C28H35N5O3. The van der Waals surface area contributed by atoms with Gasteiger partial charge < -0.3 is 15.8 Å². The average molecular weight is 490 g/mol. The molecule has 1 aliphatic carbocycles. The van der Waals surface area contributed by atoms with Crippen molar-refractivity contribution < 1.29 is 14.3 Å². The summed E-state index contributed by atoms with van der Waals surface area (Å²) in [5.41, 5.74) is 7.32. The number of carbonyl (C=O) groups excluding carboxylic acids is 2. The molecule has 3 aliphatic rings. The van der Waals surface area contributed by atoms with Crippen LogP contribution < -0.4 is 15.8 Å². The Kier molecular flexibility index (Phi) is 6.01. The van der Waals surface area contributed by atoms with Gasteiger partial charge in [0.25, 0.3) is 0 Å². The van der Waals surface area contributed by atoms with Gasteiger partial charge in [0.1, 0.15) is 11.4 Å². The Morgan fingerprint density at radius 3 is 2.72 bits per heavy atom. The lowest BCUT2D eigenvalue weighted by molar-refractivity contribution is -0.132. The molecule has 2 amide bonds. The molecule has 2 aliphatic heterocycles. The second kappa shape index (κ2) is 8.91. The average Bonchev–Trinajstić information content (AvgIpc) is 3.62. The Morgan fingerprint density at radius 1 is 1.25 bits per heavy atom. The number of benzene rings is 1. The van der Waals surface area contributed by atoms with E-state index in [9.17, 15) is 9.59 Å². The number of guanidine groups is 1. The lowest BCUT2D eigenvalue weighted by Crippen LogP contribution is -2.52. The lowest BCUT2D eigenvalue weighted by atomic mass is 9.86. The second-order valence-corrected chi connectivity index (χ2v) is 11.2. The molecule has 2 aromatic rings. The van der Waals surface area contributed by atoms with Crippen molar-refractivity contribution in [1.29, 1.82) is 0 Å². The van der Waals surface area contributed by atoms with E-state index in [4.69, 9.17) is 10.5 Å². The molecule has 190 valence electrons. The number of amides is 2. The van der Waals surface area contributed by atoms with Crippen molar-refractivity contribution in [2.45, 2.75) is 76.6 Å². The van der Waals surface area contributed by atoms with E-state index in [0.717, 1.165) is 23.3 Å².